The fourth-order valence-corrected chi connectivity index (χ4v) is 10.0. The monoisotopic (exact) mass is 383 g/mol. The summed E-state index contributed by atoms with van der Waals surface area (Å²) >= 11 is 0. The van der Waals surface area contributed by atoms with Crippen LogP contribution in [0.25, 0.3) is 0 Å². The summed E-state index contributed by atoms with van der Waals surface area (Å²) in [5.41, 5.74) is -1.27. The van der Waals surface area contributed by atoms with Gasteiger partial charge in [0.2, 0.25) is 0 Å². The van der Waals surface area contributed by atoms with E-state index >= 15 is 0 Å². The highest BCUT2D eigenvalue weighted by Crippen LogP contribution is 2.92. The van der Waals surface area contributed by atoms with E-state index < -0.39 is 16.4 Å². The van der Waals surface area contributed by atoms with E-state index in [1.165, 1.54) is 0 Å². The van der Waals surface area contributed by atoms with Gasteiger partial charge in [-0.25, -0.2) is 0 Å². The van der Waals surface area contributed by atoms with Crippen molar-refractivity contribution in [1.82, 2.24) is 0 Å². The molecule has 2 spiro atoms. The van der Waals surface area contributed by atoms with Gasteiger partial charge in [0.1, 0.15) is 5.41 Å². The zero-order valence-corrected chi connectivity index (χ0v) is 16.0. The molecule has 1 aromatic carbocycles. The standard InChI is InChI=1S/C25H21NO3/c26-11-23-17-9-7-14-18-19(17)24(22(23)28)16-8-6-13(25(18,24)29-21(14)23)10-15(16)20(27)12-4-2-1-3-5-12/h1-6,8,13-19,21H,7,9-10H2/t13-,14-,15+,16+,17+,18-,19+,21+,23-,24-,25-/m0/s1. The van der Waals surface area contributed by atoms with Crippen LogP contribution in [0.5, 0.6) is 0 Å². The van der Waals surface area contributed by atoms with Crippen LogP contribution in [0.15, 0.2) is 42.5 Å². The molecule has 2 bridgehead atoms. The van der Waals surface area contributed by atoms with Crippen LogP contribution in [0, 0.1) is 63.6 Å². The number of hydrogen-bond donors (Lipinski definition) is 0. The maximum absolute atomic E-state index is 14.2. The Kier molecular flexibility index (Phi) is 2.29. The lowest BCUT2D eigenvalue weighted by atomic mass is 9.29. The Morgan fingerprint density at radius 1 is 1.14 bits per heavy atom. The van der Waals surface area contributed by atoms with Gasteiger partial charge in [-0.1, -0.05) is 42.5 Å². The third-order valence-electron chi connectivity index (χ3n) is 10.4. The molecule has 5 fully saturated rings. The molecular formula is C25H21NO3. The molecule has 0 amide bonds. The number of hydrogen-bond acceptors (Lipinski definition) is 4. The second-order valence-electron chi connectivity index (χ2n) is 10.5. The van der Waals surface area contributed by atoms with E-state index in [4.69, 9.17) is 4.74 Å². The van der Waals surface area contributed by atoms with Crippen molar-refractivity contribution in [3.05, 3.63) is 48.0 Å². The summed E-state index contributed by atoms with van der Waals surface area (Å²) < 4.78 is 6.86. The molecule has 29 heavy (non-hydrogen) atoms. The van der Waals surface area contributed by atoms with Gasteiger partial charge in [0.15, 0.2) is 11.6 Å². The lowest BCUT2D eigenvalue weighted by Gasteiger charge is -2.74. The summed E-state index contributed by atoms with van der Waals surface area (Å²) in [4.78, 5) is 27.7. The minimum Gasteiger partial charge on any atom is -0.367 e. The maximum atomic E-state index is 14.2. The van der Waals surface area contributed by atoms with E-state index in [-0.39, 0.29) is 47.3 Å². The summed E-state index contributed by atoms with van der Waals surface area (Å²) in [6, 6.07) is 12.0. The number of ketones is 2. The molecule has 0 radical (unpaired) electrons. The average Bonchev–Trinajstić information content (AvgIpc) is 3.05. The largest absolute Gasteiger partial charge is 0.367 e. The second kappa shape index (κ2) is 4.27. The summed E-state index contributed by atoms with van der Waals surface area (Å²) in [7, 11) is 0. The fourth-order valence-electron chi connectivity index (χ4n) is 10.0. The average molecular weight is 383 g/mol. The minimum atomic E-state index is -0.949. The number of nitrogens with zero attached hydrogens (tertiary/aromatic N) is 1. The molecule has 4 nitrogen and oxygen atoms in total. The molecule has 1 aliphatic heterocycles. The number of carbonyl (C=O) groups excluding carboxylic acids is 2. The SMILES string of the molecule is N#C[C@]12C(=O)[C@]34[C@H]5[C@@H]6[C@H](CC[C@H]51)[C@H]2O[C@@]63[C@H]1C=C[C@@H]4[C@H](C(=O)c2ccccc2)C1. The third kappa shape index (κ3) is 1.14. The van der Waals surface area contributed by atoms with Crippen molar-refractivity contribution in [1.29, 1.82) is 5.26 Å². The first-order valence-electron chi connectivity index (χ1n) is 11.1. The van der Waals surface area contributed by atoms with Gasteiger partial charge in [0.05, 0.1) is 23.2 Å². The van der Waals surface area contributed by atoms with Crippen molar-refractivity contribution < 1.29 is 14.3 Å². The first-order valence-corrected chi connectivity index (χ1v) is 11.1. The highest BCUT2D eigenvalue weighted by atomic mass is 16.5. The van der Waals surface area contributed by atoms with Crippen LogP contribution in [-0.4, -0.2) is 23.3 Å². The van der Waals surface area contributed by atoms with Crippen molar-refractivity contribution in [2.75, 3.05) is 0 Å². The maximum Gasteiger partial charge on any atom is 0.166 e. The molecule has 0 N–H and O–H groups in total. The van der Waals surface area contributed by atoms with Crippen molar-refractivity contribution in [3.63, 3.8) is 0 Å². The summed E-state index contributed by atoms with van der Waals surface area (Å²) in [6.07, 6.45) is 7.05. The van der Waals surface area contributed by atoms with Crippen LogP contribution in [0.2, 0.25) is 0 Å². The minimum absolute atomic E-state index is 0.121. The van der Waals surface area contributed by atoms with Gasteiger partial charge in [-0.15, -0.1) is 0 Å². The molecule has 4 heteroatoms. The summed E-state index contributed by atoms with van der Waals surface area (Å²) in [5, 5.41) is 10.3. The summed E-state index contributed by atoms with van der Waals surface area (Å²) in [6.45, 7) is 0. The van der Waals surface area contributed by atoms with Gasteiger partial charge < -0.3 is 4.74 Å². The Labute approximate surface area is 168 Å². The van der Waals surface area contributed by atoms with Gasteiger partial charge in [0.25, 0.3) is 0 Å². The Morgan fingerprint density at radius 2 is 1.97 bits per heavy atom. The highest BCUT2D eigenvalue weighted by Gasteiger charge is 2.99. The van der Waals surface area contributed by atoms with E-state index in [0.717, 1.165) is 24.8 Å². The number of fused-ring (bicyclic) bond motifs is 7. The molecule has 4 saturated carbocycles. The molecule has 0 aromatic heterocycles. The molecule has 7 aliphatic rings. The molecule has 1 heterocycles. The Balaban J connectivity index is 1.35. The highest BCUT2D eigenvalue weighted by molar-refractivity contribution is 6.05. The Hall–Kier alpha value is -2.25. The zero-order valence-electron chi connectivity index (χ0n) is 16.0. The third-order valence-corrected chi connectivity index (χ3v) is 10.4. The van der Waals surface area contributed by atoms with Crippen LogP contribution in [-0.2, 0) is 9.53 Å². The predicted molar refractivity (Wildman–Crippen MR) is 101 cm³/mol. The smallest absolute Gasteiger partial charge is 0.166 e. The van der Waals surface area contributed by atoms with Gasteiger partial charge in [-0.05, 0) is 42.9 Å². The first-order chi connectivity index (χ1) is 14.1. The number of carbonyl (C=O) groups is 2. The van der Waals surface area contributed by atoms with E-state index in [1.54, 1.807) is 0 Å². The van der Waals surface area contributed by atoms with Crippen LogP contribution in [0.3, 0.4) is 0 Å². The lowest BCUT2D eigenvalue weighted by molar-refractivity contribution is -0.302. The van der Waals surface area contributed by atoms with E-state index in [9.17, 15) is 14.9 Å². The normalized spacial score (nSPS) is 58.2. The van der Waals surface area contributed by atoms with Gasteiger partial charge in [-0.3, -0.25) is 9.59 Å². The number of nitriles is 1. The van der Waals surface area contributed by atoms with Crippen molar-refractivity contribution in [2.24, 2.45) is 52.3 Å². The van der Waals surface area contributed by atoms with Crippen LogP contribution >= 0.6 is 0 Å². The molecule has 8 rings (SSSR count). The Bertz CT molecular complexity index is 1100. The van der Waals surface area contributed by atoms with Crippen molar-refractivity contribution >= 4 is 11.6 Å². The predicted octanol–water partition coefficient (Wildman–Crippen LogP) is 3.19. The number of benzene rings is 1. The molecule has 1 saturated heterocycles. The van der Waals surface area contributed by atoms with E-state index in [1.807, 2.05) is 30.3 Å². The van der Waals surface area contributed by atoms with E-state index in [0.29, 0.717) is 11.8 Å². The fraction of sp³-hybridized carbons (Fsp3) is 0.560. The first kappa shape index (κ1) is 15.6. The van der Waals surface area contributed by atoms with Gasteiger partial charge in [0, 0.05) is 23.3 Å². The topological polar surface area (TPSA) is 67.2 Å². The van der Waals surface area contributed by atoms with Crippen molar-refractivity contribution in [3.8, 4) is 6.07 Å². The number of rotatable bonds is 2. The molecule has 0 unspecified atom stereocenters. The molecule has 1 aromatic rings. The van der Waals surface area contributed by atoms with Gasteiger partial charge in [-0.2, -0.15) is 5.26 Å². The van der Waals surface area contributed by atoms with Crippen LogP contribution in [0.1, 0.15) is 29.6 Å². The molecule has 11 atom stereocenters. The number of ether oxygens (including phenoxy) is 1. The molecule has 144 valence electrons. The van der Waals surface area contributed by atoms with Crippen LogP contribution < -0.4 is 0 Å². The van der Waals surface area contributed by atoms with E-state index in [2.05, 4.69) is 18.2 Å². The number of Topliss-reactive ketones (excluding diaryl/α,β-unsaturated/α-hetero) is 2. The van der Waals surface area contributed by atoms with Crippen LogP contribution in [0.4, 0.5) is 0 Å². The Morgan fingerprint density at radius 3 is 2.76 bits per heavy atom. The molecule has 6 aliphatic carbocycles. The molecular weight excluding hydrogens is 362 g/mol. The second-order valence-corrected chi connectivity index (χ2v) is 10.5. The zero-order chi connectivity index (χ0) is 19.3. The quantitative estimate of drug-likeness (QED) is 0.581. The van der Waals surface area contributed by atoms with Crippen molar-refractivity contribution in [2.45, 2.75) is 31.0 Å². The number of allylic oxidation sites excluding steroid dienone is 1. The summed E-state index contributed by atoms with van der Waals surface area (Å²) in [5.74, 6) is 1.29. The van der Waals surface area contributed by atoms with Gasteiger partial charge >= 0.3 is 0 Å². The lowest BCUT2D eigenvalue weighted by Crippen LogP contribution is -2.81.